The van der Waals surface area contributed by atoms with Crippen LogP contribution in [0.5, 0.6) is 0 Å². The average Bonchev–Trinajstić information content (AvgIpc) is 2.90. The Balaban J connectivity index is 2.60. The van der Waals surface area contributed by atoms with E-state index in [1.54, 1.807) is 13.2 Å². The Morgan fingerprint density at radius 3 is 2.50 bits per heavy atom. The highest BCUT2D eigenvalue weighted by molar-refractivity contribution is 5.90. The van der Waals surface area contributed by atoms with Crippen molar-refractivity contribution in [2.24, 2.45) is 5.92 Å². The highest BCUT2D eigenvalue weighted by Crippen LogP contribution is 2.09. The molecule has 1 saturated heterocycles. The minimum absolute atomic E-state index is 0.147. The van der Waals surface area contributed by atoms with Gasteiger partial charge in [0.1, 0.15) is 6.04 Å². The van der Waals surface area contributed by atoms with Crippen molar-refractivity contribution in [3.05, 3.63) is 0 Å². The van der Waals surface area contributed by atoms with Crippen LogP contribution < -0.4 is 16.0 Å². The van der Waals surface area contributed by atoms with Crippen LogP contribution in [0.15, 0.2) is 0 Å². The van der Waals surface area contributed by atoms with Crippen LogP contribution in [-0.4, -0.2) is 42.8 Å². The number of amides is 2. The molecule has 1 unspecified atom stereocenters. The second kappa shape index (κ2) is 7.99. The Bertz CT molecular complexity index is 352. The molecule has 0 aromatic carbocycles. The molecular weight excluding hydrogens is 258 g/mol. The van der Waals surface area contributed by atoms with E-state index in [0.29, 0.717) is 6.42 Å². The molecular formula is C14H24N3O3. The van der Waals surface area contributed by atoms with Gasteiger partial charge in [0.15, 0.2) is 0 Å². The first-order valence-corrected chi connectivity index (χ1v) is 7.15. The third kappa shape index (κ3) is 5.28. The SMILES string of the molecule is CC(C)C[C@H](NC(=O)C1CCCN1)C(=O)N[C@@H](C)[C]=O. The number of hydrogen-bond acceptors (Lipinski definition) is 4. The van der Waals surface area contributed by atoms with Crippen molar-refractivity contribution in [3.8, 4) is 0 Å². The van der Waals surface area contributed by atoms with Gasteiger partial charge in [0.2, 0.25) is 18.1 Å². The predicted molar refractivity (Wildman–Crippen MR) is 75.7 cm³/mol. The van der Waals surface area contributed by atoms with Gasteiger partial charge < -0.3 is 16.0 Å². The minimum Gasteiger partial charge on any atom is -0.344 e. The molecule has 3 N–H and O–H groups in total. The van der Waals surface area contributed by atoms with E-state index in [2.05, 4.69) is 16.0 Å². The third-order valence-corrected chi connectivity index (χ3v) is 3.25. The van der Waals surface area contributed by atoms with E-state index in [-0.39, 0.29) is 23.8 Å². The second-order valence-corrected chi connectivity index (χ2v) is 5.69. The van der Waals surface area contributed by atoms with Gasteiger partial charge in [-0.25, -0.2) is 0 Å². The zero-order chi connectivity index (χ0) is 15.1. The standard InChI is InChI=1S/C14H24N3O3/c1-9(2)7-12(14(20)16-10(3)8-18)17-13(19)11-5-4-6-15-11/h9-12,15H,4-7H2,1-3H3,(H,16,20)(H,17,19)/t10-,11?,12-/m0/s1. The Morgan fingerprint density at radius 1 is 1.30 bits per heavy atom. The maximum absolute atomic E-state index is 12.1. The number of carbonyl (C=O) groups excluding carboxylic acids is 3. The summed E-state index contributed by atoms with van der Waals surface area (Å²) >= 11 is 0. The lowest BCUT2D eigenvalue weighted by molar-refractivity contribution is -0.130. The van der Waals surface area contributed by atoms with Crippen LogP contribution in [0.4, 0.5) is 0 Å². The summed E-state index contributed by atoms with van der Waals surface area (Å²) in [7, 11) is 0. The lowest BCUT2D eigenvalue weighted by Crippen LogP contribution is -2.53. The lowest BCUT2D eigenvalue weighted by atomic mass is 10.0. The van der Waals surface area contributed by atoms with Gasteiger partial charge >= 0.3 is 0 Å². The summed E-state index contributed by atoms with van der Waals surface area (Å²) in [5.74, 6) is -0.218. The van der Waals surface area contributed by atoms with Crippen LogP contribution in [-0.2, 0) is 14.4 Å². The molecule has 1 heterocycles. The first kappa shape index (κ1) is 16.6. The van der Waals surface area contributed by atoms with Crippen LogP contribution in [0, 0.1) is 5.92 Å². The van der Waals surface area contributed by atoms with E-state index < -0.39 is 12.1 Å². The van der Waals surface area contributed by atoms with Gasteiger partial charge in [0.25, 0.3) is 0 Å². The van der Waals surface area contributed by atoms with Crippen LogP contribution in [0.25, 0.3) is 0 Å². The number of rotatable bonds is 7. The fraction of sp³-hybridized carbons (Fsp3) is 0.786. The molecule has 0 aromatic rings. The van der Waals surface area contributed by atoms with Gasteiger partial charge in [-0.15, -0.1) is 0 Å². The molecule has 0 bridgehead atoms. The summed E-state index contributed by atoms with van der Waals surface area (Å²) in [5, 5.41) is 8.41. The van der Waals surface area contributed by atoms with Crippen molar-refractivity contribution >= 4 is 18.1 Å². The molecule has 0 spiro atoms. The molecule has 1 fully saturated rings. The van der Waals surface area contributed by atoms with Gasteiger partial charge in [-0.1, -0.05) is 13.8 Å². The van der Waals surface area contributed by atoms with E-state index in [1.807, 2.05) is 13.8 Å². The zero-order valence-electron chi connectivity index (χ0n) is 12.4. The highest BCUT2D eigenvalue weighted by atomic mass is 16.2. The van der Waals surface area contributed by atoms with Crippen LogP contribution in [0.3, 0.4) is 0 Å². The summed E-state index contributed by atoms with van der Waals surface area (Å²) in [4.78, 5) is 34.6. The molecule has 2 amide bonds. The monoisotopic (exact) mass is 282 g/mol. The van der Waals surface area contributed by atoms with Crippen molar-refractivity contribution in [2.45, 2.75) is 58.2 Å². The number of hydrogen-bond donors (Lipinski definition) is 3. The fourth-order valence-electron chi connectivity index (χ4n) is 2.23. The maximum Gasteiger partial charge on any atom is 0.243 e. The third-order valence-electron chi connectivity index (χ3n) is 3.25. The molecule has 0 saturated carbocycles. The van der Waals surface area contributed by atoms with Crippen LogP contribution >= 0.6 is 0 Å². The molecule has 1 rings (SSSR count). The van der Waals surface area contributed by atoms with Crippen molar-refractivity contribution in [1.82, 2.24) is 16.0 Å². The summed E-state index contributed by atoms with van der Waals surface area (Å²) in [6.07, 6.45) is 4.00. The zero-order valence-corrected chi connectivity index (χ0v) is 12.4. The average molecular weight is 282 g/mol. The quantitative estimate of drug-likeness (QED) is 0.608. The van der Waals surface area contributed by atoms with Gasteiger partial charge in [-0.2, -0.15) is 0 Å². The Labute approximate surface area is 120 Å². The van der Waals surface area contributed by atoms with Crippen molar-refractivity contribution in [3.63, 3.8) is 0 Å². The molecule has 6 heteroatoms. The first-order valence-electron chi connectivity index (χ1n) is 7.15. The van der Waals surface area contributed by atoms with Crippen molar-refractivity contribution < 1.29 is 14.4 Å². The molecule has 6 nitrogen and oxygen atoms in total. The first-order chi connectivity index (χ1) is 9.43. The van der Waals surface area contributed by atoms with Gasteiger partial charge in [0, 0.05) is 0 Å². The molecule has 20 heavy (non-hydrogen) atoms. The Hall–Kier alpha value is -1.43. The van der Waals surface area contributed by atoms with E-state index in [0.717, 1.165) is 19.4 Å². The number of nitrogens with one attached hydrogen (secondary N) is 3. The molecule has 1 radical (unpaired) electrons. The predicted octanol–water partition coefficient (Wildman–Crippen LogP) is -0.116. The second-order valence-electron chi connectivity index (χ2n) is 5.69. The summed E-state index contributed by atoms with van der Waals surface area (Å²) in [5.41, 5.74) is 0. The van der Waals surface area contributed by atoms with E-state index in [1.165, 1.54) is 0 Å². The maximum atomic E-state index is 12.1. The van der Waals surface area contributed by atoms with Gasteiger partial charge in [-0.3, -0.25) is 14.4 Å². The summed E-state index contributed by atoms with van der Waals surface area (Å²) < 4.78 is 0. The summed E-state index contributed by atoms with van der Waals surface area (Å²) in [6, 6.07) is -1.49. The number of carbonyl (C=O) groups is 2. The molecule has 1 aliphatic heterocycles. The van der Waals surface area contributed by atoms with E-state index in [4.69, 9.17) is 0 Å². The topological polar surface area (TPSA) is 87.3 Å². The highest BCUT2D eigenvalue weighted by Gasteiger charge is 2.28. The Kier molecular flexibility index (Phi) is 6.64. The van der Waals surface area contributed by atoms with E-state index >= 15 is 0 Å². The van der Waals surface area contributed by atoms with Crippen LogP contribution in [0.1, 0.15) is 40.0 Å². The molecule has 1 aliphatic rings. The normalized spacial score (nSPS) is 21.3. The Morgan fingerprint density at radius 2 is 2.00 bits per heavy atom. The molecule has 3 atom stereocenters. The molecule has 0 aliphatic carbocycles. The van der Waals surface area contributed by atoms with Gasteiger partial charge in [0.05, 0.1) is 12.1 Å². The van der Waals surface area contributed by atoms with Crippen LogP contribution in [0.2, 0.25) is 0 Å². The largest absolute Gasteiger partial charge is 0.344 e. The lowest BCUT2D eigenvalue weighted by Gasteiger charge is -2.22. The minimum atomic E-state index is -0.668. The van der Waals surface area contributed by atoms with E-state index in [9.17, 15) is 14.4 Å². The molecule has 0 aromatic heterocycles. The van der Waals surface area contributed by atoms with Crippen molar-refractivity contribution in [1.29, 1.82) is 0 Å². The molecule has 113 valence electrons. The van der Waals surface area contributed by atoms with Crippen molar-refractivity contribution in [2.75, 3.05) is 6.54 Å². The van der Waals surface area contributed by atoms with Gasteiger partial charge in [-0.05, 0) is 38.6 Å². The fourth-order valence-corrected chi connectivity index (χ4v) is 2.23. The smallest absolute Gasteiger partial charge is 0.243 e. The summed E-state index contributed by atoms with van der Waals surface area (Å²) in [6.45, 7) is 6.35.